The van der Waals surface area contributed by atoms with Gasteiger partial charge < -0.3 is 14.6 Å². The highest BCUT2D eigenvalue weighted by Crippen LogP contribution is 2.40. The zero-order valence-electron chi connectivity index (χ0n) is 12.9. The summed E-state index contributed by atoms with van der Waals surface area (Å²) in [6.45, 7) is 3.81. The molecule has 5 nitrogen and oxygen atoms in total. The van der Waals surface area contributed by atoms with Gasteiger partial charge in [0.2, 0.25) is 0 Å². The number of aliphatic carboxylic acids is 1. The number of ether oxygens (including phenoxy) is 2. The summed E-state index contributed by atoms with van der Waals surface area (Å²) >= 11 is 0. The monoisotopic (exact) mass is 293 g/mol. The molecule has 0 amide bonds. The quantitative estimate of drug-likeness (QED) is 0.873. The van der Waals surface area contributed by atoms with Crippen molar-refractivity contribution in [3.05, 3.63) is 23.8 Å². The van der Waals surface area contributed by atoms with Gasteiger partial charge in [0.05, 0.1) is 26.2 Å². The minimum absolute atomic E-state index is 0.0513. The lowest BCUT2D eigenvalue weighted by Gasteiger charge is -2.39. The lowest BCUT2D eigenvalue weighted by molar-refractivity contribution is -0.140. The summed E-state index contributed by atoms with van der Waals surface area (Å²) in [6.07, 6.45) is 2.26. The van der Waals surface area contributed by atoms with Gasteiger partial charge in [0.25, 0.3) is 0 Å². The maximum atomic E-state index is 11.4. The first-order valence-electron chi connectivity index (χ1n) is 7.20. The van der Waals surface area contributed by atoms with E-state index in [1.807, 2.05) is 25.1 Å². The van der Waals surface area contributed by atoms with E-state index in [0.29, 0.717) is 11.5 Å². The molecule has 116 valence electrons. The van der Waals surface area contributed by atoms with Gasteiger partial charge >= 0.3 is 5.97 Å². The second-order valence-corrected chi connectivity index (χ2v) is 5.60. The molecular formula is C16H23NO4. The van der Waals surface area contributed by atoms with E-state index >= 15 is 0 Å². The summed E-state index contributed by atoms with van der Waals surface area (Å²) in [5.41, 5.74) is 0.329. The molecule has 1 aliphatic rings. The SMILES string of the molecule is COc1ccc(C(C)(CC(=O)O)N2CCCC2)c(OC)c1. The van der Waals surface area contributed by atoms with Crippen molar-refractivity contribution in [1.82, 2.24) is 4.90 Å². The summed E-state index contributed by atoms with van der Waals surface area (Å²) in [5, 5.41) is 9.34. The molecule has 0 radical (unpaired) electrons. The van der Waals surface area contributed by atoms with Crippen LogP contribution in [0.25, 0.3) is 0 Å². The van der Waals surface area contributed by atoms with E-state index in [1.165, 1.54) is 0 Å². The number of carboxylic acids is 1. The summed E-state index contributed by atoms with van der Waals surface area (Å²) in [7, 11) is 3.20. The Morgan fingerprint density at radius 2 is 1.95 bits per heavy atom. The fourth-order valence-electron chi connectivity index (χ4n) is 3.13. The number of hydrogen-bond donors (Lipinski definition) is 1. The van der Waals surface area contributed by atoms with E-state index in [0.717, 1.165) is 31.5 Å². The Kier molecular flexibility index (Phi) is 4.73. The third-order valence-corrected chi connectivity index (χ3v) is 4.29. The number of likely N-dealkylation sites (tertiary alicyclic amines) is 1. The van der Waals surface area contributed by atoms with E-state index in [2.05, 4.69) is 4.90 Å². The van der Waals surface area contributed by atoms with Crippen molar-refractivity contribution in [2.24, 2.45) is 0 Å². The van der Waals surface area contributed by atoms with Gasteiger partial charge in [0, 0.05) is 11.6 Å². The fourth-order valence-corrected chi connectivity index (χ4v) is 3.13. The highest BCUT2D eigenvalue weighted by Gasteiger charge is 2.39. The zero-order valence-corrected chi connectivity index (χ0v) is 12.9. The second-order valence-electron chi connectivity index (χ2n) is 5.60. The second kappa shape index (κ2) is 6.35. The average molecular weight is 293 g/mol. The molecule has 1 aliphatic heterocycles. The van der Waals surface area contributed by atoms with Crippen molar-refractivity contribution in [2.75, 3.05) is 27.3 Å². The van der Waals surface area contributed by atoms with E-state index in [-0.39, 0.29) is 6.42 Å². The maximum absolute atomic E-state index is 11.4. The van der Waals surface area contributed by atoms with Crippen molar-refractivity contribution in [3.63, 3.8) is 0 Å². The van der Waals surface area contributed by atoms with Gasteiger partial charge in [-0.25, -0.2) is 0 Å². The van der Waals surface area contributed by atoms with Crippen LogP contribution in [-0.4, -0.2) is 43.3 Å². The minimum Gasteiger partial charge on any atom is -0.497 e. The van der Waals surface area contributed by atoms with Crippen LogP contribution in [0.5, 0.6) is 11.5 Å². The lowest BCUT2D eigenvalue weighted by atomic mass is 9.86. The van der Waals surface area contributed by atoms with Gasteiger partial charge in [-0.1, -0.05) is 0 Å². The lowest BCUT2D eigenvalue weighted by Crippen LogP contribution is -2.44. The van der Waals surface area contributed by atoms with Crippen LogP contribution in [0.3, 0.4) is 0 Å². The molecule has 1 unspecified atom stereocenters. The van der Waals surface area contributed by atoms with Gasteiger partial charge in [-0.15, -0.1) is 0 Å². The number of carboxylic acid groups (broad SMARTS) is 1. The van der Waals surface area contributed by atoms with Gasteiger partial charge in [-0.3, -0.25) is 9.69 Å². The summed E-state index contributed by atoms with van der Waals surface area (Å²) in [6, 6.07) is 5.58. The van der Waals surface area contributed by atoms with Crippen LogP contribution >= 0.6 is 0 Å². The molecule has 0 bridgehead atoms. The van der Waals surface area contributed by atoms with Crippen molar-refractivity contribution < 1.29 is 19.4 Å². The predicted octanol–water partition coefficient (Wildman–Crippen LogP) is 2.49. The fraction of sp³-hybridized carbons (Fsp3) is 0.562. The molecule has 0 saturated carbocycles. The van der Waals surface area contributed by atoms with Gasteiger partial charge in [-0.05, 0) is 45.0 Å². The number of hydrogen-bond acceptors (Lipinski definition) is 4. The van der Waals surface area contributed by atoms with Crippen LogP contribution < -0.4 is 9.47 Å². The van der Waals surface area contributed by atoms with Gasteiger partial charge in [0.15, 0.2) is 0 Å². The maximum Gasteiger partial charge on any atom is 0.305 e. The summed E-state index contributed by atoms with van der Waals surface area (Å²) in [4.78, 5) is 13.6. The Labute approximate surface area is 125 Å². The number of methoxy groups -OCH3 is 2. The Bertz CT molecular complexity index is 511. The molecule has 1 saturated heterocycles. The molecule has 1 aromatic rings. The zero-order chi connectivity index (χ0) is 15.5. The Hall–Kier alpha value is -1.75. The normalized spacial score (nSPS) is 18.2. The Morgan fingerprint density at radius 3 is 2.48 bits per heavy atom. The first-order valence-corrected chi connectivity index (χ1v) is 7.20. The van der Waals surface area contributed by atoms with Crippen LogP contribution in [0.4, 0.5) is 0 Å². The molecule has 1 atom stereocenters. The van der Waals surface area contributed by atoms with Crippen LogP contribution in [-0.2, 0) is 10.3 Å². The van der Waals surface area contributed by atoms with Crippen LogP contribution in [0.1, 0.15) is 31.7 Å². The van der Waals surface area contributed by atoms with Crippen molar-refractivity contribution in [1.29, 1.82) is 0 Å². The molecule has 21 heavy (non-hydrogen) atoms. The Balaban J connectivity index is 2.47. The number of nitrogens with zero attached hydrogens (tertiary/aromatic N) is 1. The molecule has 0 spiro atoms. The first-order chi connectivity index (χ1) is 10.0. The molecule has 5 heteroatoms. The number of rotatable bonds is 6. The minimum atomic E-state index is -0.803. The van der Waals surface area contributed by atoms with E-state index in [1.54, 1.807) is 14.2 Å². The number of benzene rings is 1. The summed E-state index contributed by atoms with van der Waals surface area (Å²) < 4.78 is 10.7. The smallest absolute Gasteiger partial charge is 0.305 e. The first kappa shape index (κ1) is 15.6. The van der Waals surface area contributed by atoms with E-state index in [9.17, 15) is 9.90 Å². The highest BCUT2D eigenvalue weighted by atomic mass is 16.5. The molecule has 1 aromatic carbocycles. The molecule has 0 aromatic heterocycles. The van der Waals surface area contributed by atoms with Gasteiger partial charge in [-0.2, -0.15) is 0 Å². The molecule has 1 N–H and O–H groups in total. The van der Waals surface area contributed by atoms with Gasteiger partial charge in [0.1, 0.15) is 11.5 Å². The summed E-state index contributed by atoms with van der Waals surface area (Å²) in [5.74, 6) is 0.571. The molecule has 1 fully saturated rings. The van der Waals surface area contributed by atoms with Crippen molar-refractivity contribution >= 4 is 5.97 Å². The Morgan fingerprint density at radius 1 is 1.29 bits per heavy atom. The third kappa shape index (κ3) is 3.13. The topological polar surface area (TPSA) is 59.0 Å². The molecule has 0 aliphatic carbocycles. The highest BCUT2D eigenvalue weighted by molar-refractivity contribution is 5.69. The van der Waals surface area contributed by atoms with Crippen LogP contribution in [0, 0.1) is 0 Å². The van der Waals surface area contributed by atoms with E-state index in [4.69, 9.17) is 9.47 Å². The van der Waals surface area contributed by atoms with E-state index < -0.39 is 11.5 Å². The standard InChI is InChI=1S/C16H23NO4/c1-16(11-15(18)19,17-8-4-5-9-17)13-7-6-12(20-2)10-14(13)21-3/h6-7,10H,4-5,8-9,11H2,1-3H3,(H,18,19). The molecular weight excluding hydrogens is 270 g/mol. The third-order valence-electron chi connectivity index (χ3n) is 4.29. The predicted molar refractivity (Wildman–Crippen MR) is 80.0 cm³/mol. The molecule has 1 heterocycles. The van der Waals surface area contributed by atoms with Crippen LogP contribution in [0.15, 0.2) is 18.2 Å². The largest absolute Gasteiger partial charge is 0.497 e. The van der Waals surface area contributed by atoms with Crippen molar-refractivity contribution in [3.8, 4) is 11.5 Å². The average Bonchev–Trinajstić information content (AvgIpc) is 3.00. The van der Waals surface area contributed by atoms with Crippen molar-refractivity contribution in [2.45, 2.75) is 31.7 Å². The molecule has 2 rings (SSSR count). The number of carbonyl (C=O) groups is 1. The van der Waals surface area contributed by atoms with Crippen LogP contribution in [0.2, 0.25) is 0 Å².